The Kier molecular flexibility index (Phi) is 5.20. The summed E-state index contributed by atoms with van der Waals surface area (Å²) in [4.78, 5) is 11.6. The molecule has 1 aromatic carbocycles. The largest absolute Gasteiger partial charge is 0.397 e. The molecule has 0 aliphatic rings. The van der Waals surface area contributed by atoms with Crippen molar-refractivity contribution in [3.8, 4) is 0 Å². The molecule has 0 bridgehead atoms. The minimum Gasteiger partial charge on any atom is -0.397 e. The Labute approximate surface area is 118 Å². The summed E-state index contributed by atoms with van der Waals surface area (Å²) in [7, 11) is -3.21. The summed E-state index contributed by atoms with van der Waals surface area (Å²) in [6, 6.07) is 4.70. The van der Waals surface area contributed by atoms with Crippen molar-refractivity contribution in [3.63, 3.8) is 0 Å². The molecule has 1 aromatic rings. The summed E-state index contributed by atoms with van der Waals surface area (Å²) in [5.41, 5.74) is 6.45. The van der Waals surface area contributed by atoms with Crippen LogP contribution in [0.4, 0.5) is 11.4 Å². The van der Waals surface area contributed by atoms with Crippen molar-refractivity contribution in [1.29, 1.82) is 0 Å². The average molecular weight is 305 g/mol. The first kappa shape index (κ1) is 15.8. The van der Waals surface area contributed by atoms with Crippen molar-refractivity contribution >= 4 is 38.7 Å². The van der Waals surface area contributed by atoms with Crippen LogP contribution in [0.1, 0.15) is 20.3 Å². The molecule has 3 N–H and O–H groups in total. The van der Waals surface area contributed by atoms with E-state index in [9.17, 15) is 13.2 Å². The summed E-state index contributed by atoms with van der Waals surface area (Å²) in [6.07, 6.45) is -0.0803. The van der Waals surface area contributed by atoms with E-state index < -0.39 is 15.1 Å². The van der Waals surface area contributed by atoms with Crippen LogP contribution in [0.3, 0.4) is 0 Å². The Bertz CT molecular complexity index is 570. The molecule has 1 amide bonds. The first-order valence-electron chi connectivity index (χ1n) is 5.79. The third-order valence-electron chi connectivity index (χ3n) is 2.61. The lowest BCUT2D eigenvalue weighted by atomic mass is 10.2. The number of carbonyl (C=O) groups excluding carboxylic acids is 1. The molecule has 0 fully saturated rings. The predicted molar refractivity (Wildman–Crippen MR) is 78.0 cm³/mol. The number of amides is 1. The second kappa shape index (κ2) is 6.25. The number of carbonyl (C=O) groups is 1. The molecule has 0 saturated carbocycles. The molecule has 0 aliphatic heterocycles. The zero-order chi connectivity index (χ0) is 14.6. The van der Waals surface area contributed by atoms with Crippen molar-refractivity contribution in [2.75, 3.05) is 16.8 Å². The number of nitrogens with two attached hydrogens (primary N) is 1. The zero-order valence-electron chi connectivity index (χ0n) is 10.8. The lowest BCUT2D eigenvalue weighted by Crippen LogP contribution is -2.22. The molecule has 7 heteroatoms. The van der Waals surface area contributed by atoms with Crippen molar-refractivity contribution < 1.29 is 13.2 Å². The van der Waals surface area contributed by atoms with Gasteiger partial charge < -0.3 is 11.1 Å². The monoisotopic (exact) mass is 304 g/mol. The van der Waals surface area contributed by atoms with Crippen molar-refractivity contribution in [2.45, 2.75) is 25.5 Å². The highest BCUT2D eigenvalue weighted by molar-refractivity contribution is 7.91. The fourth-order valence-corrected chi connectivity index (χ4v) is 2.37. The van der Waals surface area contributed by atoms with E-state index in [1.807, 2.05) is 0 Å². The topological polar surface area (TPSA) is 89.3 Å². The van der Waals surface area contributed by atoms with Crippen LogP contribution in [0.25, 0.3) is 0 Å². The summed E-state index contributed by atoms with van der Waals surface area (Å²) in [5.74, 6) is -0.537. The maximum absolute atomic E-state index is 11.6. The minimum atomic E-state index is -3.21. The van der Waals surface area contributed by atoms with E-state index in [0.717, 1.165) is 0 Å². The van der Waals surface area contributed by atoms with Gasteiger partial charge in [0.25, 0.3) is 0 Å². The molecule has 0 aromatic heterocycles. The Hall–Kier alpha value is -1.27. The second-order valence-corrected chi connectivity index (χ2v) is 7.53. The fourth-order valence-electron chi connectivity index (χ4n) is 1.32. The summed E-state index contributed by atoms with van der Waals surface area (Å²) in [6.45, 7) is 3.18. The lowest BCUT2D eigenvalue weighted by molar-refractivity contribution is -0.115. The predicted octanol–water partition coefficient (Wildman–Crippen LogP) is 2.07. The van der Waals surface area contributed by atoms with Crippen LogP contribution >= 0.6 is 11.6 Å². The summed E-state index contributed by atoms with van der Waals surface area (Å²) < 4.78 is 23.1. The van der Waals surface area contributed by atoms with Gasteiger partial charge in [0.15, 0.2) is 9.84 Å². The molecule has 5 nitrogen and oxygen atoms in total. The van der Waals surface area contributed by atoms with E-state index in [1.54, 1.807) is 26.0 Å². The number of hydrogen-bond acceptors (Lipinski definition) is 4. The van der Waals surface area contributed by atoms with E-state index in [2.05, 4.69) is 5.32 Å². The van der Waals surface area contributed by atoms with E-state index in [1.165, 1.54) is 6.07 Å². The van der Waals surface area contributed by atoms with Gasteiger partial charge >= 0.3 is 0 Å². The van der Waals surface area contributed by atoms with Gasteiger partial charge in [0.2, 0.25) is 5.91 Å². The van der Waals surface area contributed by atoms with Gasteiger partial charge in [-0.2, -0.15) is 0 Å². The van der Waals surface area contributed by atoms with Crippen LogP contribution in [0, 0.1) is 0 Å². The number of halogens is 1. The smallest absolute Gasteiger partial charge is 0.225 e. The minimum absolute atomic E-state index is 0.0803. The molecule has 0 heterocycles. The number of nitrogen functional groups attached to an aromatic ring is 1. The van der Waals surface area contributed by atoms with Crippen LogP contribution in [0.15, 0.2) is 18.2 Å². The number of rotatable bonds is 5. The highest BCUT2D eigenvalue weighted by Crippen LogP contribution is 2.22. The number of hydrogen-bond donors (Lipinski definition) is 2. The molecule has 0 aliphatic carbocycles. The first-order valence-corrected chi connectivity index (χ1v) is 7.88. The van der Waals surface area contributed by atoms with Gasteiger partial charge in [-0.25, -0.2) is 8.42 Å². The number of anilines is 2. The van der Waals surface area contributed by atoms with Gasteiger partial charge in [0, 0.05) is 12.1 Å². The molecule has 19 heavy (non-hydrogen) atoms. The Balaban J connectivity index is 2.59. The van der Waals surface area contributed by atoms with Crippen molar-refractivity contribution in [3.05, 3.63) is 23.2 Å². The van der Waals surface area contributed by atoms with Crippen LogP contribution in [-0.2, 0) is 14.6 Å². The van der Waals surface area contributed by atoms with E-state index in [4.69, 9.17) is 17.3 Å². The number of sulfone groups is 1. The van der Waals surface area contributed by atoms with Crippen molar-refractivity contribution in [2.24, 2.45) is 0 Å². The van der Waals surface area contributed by atoms with Gasteiger partial charge in [0.1, 0.15) is 0 Å². The Morgan fingerprint density at radius 2 is 2.05 bits per heavy atom. The molecule has 0 spiro atoms. The molecule has 106 valence electrons. The van der Waals surface area contributed by atoms with Gasteiger partial charge in [-0.05, 0) is 32.0 Å². The molecule has 0 unspecified atom stereocenters. The van der Waals surface area contributed by atoms with Crippen LogP contribution < -0.4 is 11.1 Å². The lowest BCUT2D eigenvalue weighted by Gasteiger charge is -2.09. The van der Waals surface area contributed by atoms with Gasteiger partial charge in [-0.15, -0.1) is 0 Å². The maximum atomic E-state index is 11.6. The van der Waals surface area contributed by atoms with E-state index in [0.29, 0.717) is 16.4 Å². The van der Waals surface area contributed by atoms with Crippen molar-refractivity contribution in [1.82, 2.24) is 0 Å². The molecular weight excluding hydrogens is 288 g/mol. The highest BCUT2D eigenvalue weighted by Gasteiger charge is 2.17. The highest BCUT2D eigenvalue weighted by atomic mass is 35.5. The molecule has 0 saturated heterocycles. The third-order valence-corrected chi connectivity index (χ3v) is 5.17. The normalized spacial score (nSPS) is 11.6. The standard InChI is InChI=1S/C12H17ClN2O3S/c1-8(2)19(17,18)6-5-12(16)15-9-3-4-10(13)11(14)7-9/h3-4,7-8H,5-6,14H2,1-2H3,(H,15,16). The molecule has 0 radical (unpaired) electrons. The zero-order valence-corrected chi connectivity index (χ0v) is 12.4. The van der Waals surface area contributed by atoms with Crippen LogP contribution in [-0.4, -0.2) is 25.3 Å². The Morgan fingerprint density at radius 1 is 1.42 bits per heavy atom. The third kappa shape index (κ3) is 4.72. The van der Waals surface area contributed by atoms with E-state index >= 15 is 0 Å². The van der Waals surface area contributed by atoms with E-state index in [-0.39, 0.29) is 18.1 Å². The number of nitrogens with one attached hydrogen (secondary N) is 1. The fraction of sp³-hybridized carbons (Fsp3) is 0.417. The average Bonchev–Trinajstić information content (AvgIpc) is 2.31. The first-order chi connectivity index (χ1) is 8.72. The second-order valence-electron chi connectivity index (χ2n) is 4.45. The van der Waals surface area contributed by atoms with Crippen LogP contribution in [0.2, 0.25) is 5.02 Å². The maximum Gasteiger partial charge on any atom is 0.225 e. The quantitative estimate of drug-likeness (QED) is 0.815. The number of benzene rings is 1. The van der Waals surface area contributed by atoms with Gasteiger partial charge in [-0.1, -0.05) is 11.6 Å². The Morgan fingerprint density at radius 3 is 2.58 bits per heavy atom. The van der Waals surface area contributed by atoms with Gasteiger partial charge in [0.05, 0.1) is 21.7 Å². The summed E-state index contributed by atoms with van der Waals surface area (Å²) >= 11 is 5.76. The molecular formula is C12H17ClN2O3S. The van der Waals surface area contributed by atoms with Gasteiger partial charge in [-0.3, -0.25) is 4.79 Å². The molecule has 1 rings (SSSR count). The molecule has 0 atom stereocenters. The van der Waals surface area contributed by atoms with Crippen LogP contribution in [0.5, 0.6) is 0 Å². The SMILES string of the molecule is CC(C)S(=O)(=O)CCC(=O)Nc1ccc(Cl)c(N)c1. The summed E-state index contributed by atoms with van der Waals surface area (Å²) in [5, 5.41) is 2.50.